The van der Waals surface area contributed by atoms with Gasteiger partial charge in [-0.25, -0.2) is 14.1 Å². The predicted molar refractivity (Wildman–Crippen MR) is 131 cm³/mol. The summed E-state index contributed by atoms with van der Waals surface area (Å²) in [6, 6.07) is 6.73. The Bertz CT molecular complexity index is 1510. The first-order valence-corrected chi connectivity index (χ1v) is 11.9. The molecule has 10 nitrogen and oxygen atoms in total. The number of piperazine rings is 1. The second-order valence-electron chi connectivity index (χ2n) is 9.46. The van der Waals surface area contributed by atoms with Crippen LogP contribution in [0.1, 0.15) is 28.8 Å². The van der Waals surface area contributed by atoms with Crippen LogP contribution in [0.15, 0.2) is 42.9 Å². The molecule has 1 aliphatic carbocycles. The Hall–Kier alpha value is -4.12. The molecule has 36 heavy (non-hydrogen) atoms. The van der Waals surface area contributed by atoms with Crippen molar-refractivity contribution in [2.24, 2.45) is 0 Å². The molecule has 184 valence electrons. The molecule has 2 amide bonds. The van der Waals surface area contributed by atoms with Crippen LogP contribution in [0.3, 0.4) is 0 Å². The van der Waals surface area contributed by atoms with Crippen molar-refractivity contribution in [2.75, 3.05) is 31.6 Å². The molecule has 3 aromatic heterocycles. The minimum absolute atomic E-state index is 0.0177. The largest absolute Gasteiger partial charge is 0.349 e. The molecule has 0 spiro atoms. The van der Waals surface area contributed by atoms with Gasteiger partial charge in [-0.15, -0.1) is 5.10 Å². The fraction of sp³-hybridized carbons (Fsp3) is 0.320. The zero-order chi connectivity index (χ0) is 25.0. The van der Waals surface area contributed by atoms with Crippen molar-refractivity contribution in [1.29, 1.82) is 0 Å². The zero-order valence-corrected chi connectivity index (χ0v) is 20.0. The van der Waals surface area contributed by atoms with Crippen molar-refractivity contribution in [3.8, 4) is 17.1 Å². The average Bonchev–Trinajstić information content (AvgIpc) is 3.35. The molecule has 2 aliphatic rings. The van der Waals surface area contributed by atoms with Gasteiger partial charge in [0.1, 0.15) is 17.2 Å². The summed E-state index contributed by atoms with van der Waals surface area (Å²) in [5.74, 6) is -0.948. The van der Waals surface area contributed by atoms with E-state index in [0.29, 0.717) is 41.4 Å². The SMILES string of the molecule is Cc1cc(F)c(C(=O)NC2CC2)cc1-n1cc(-c2cnc3ccc(N4CCN(C)CC4=O)cn23)nn1. The highest BCUT2D eigenvalue weighted by Gasteiger charge is 2.26. The Morgan fingerprint density at radius 2 is 2.00 bits per heavy atom. The van der Waals surface area contributed by atoms with Crippen molar-refractivity contribution >= 4 is 23.1 Å². The summed E-state index contributed by atoms with van der Waals surface area (Å²) >= 11 is 0. The number of pyridine rings is 1. The molecule has 0 bridgehead atoms. The number of anilines is 1. The van der Waals surface area contributed by atoms with Crippen LogP contribution in [-0.4, -0.2) is 73.8 Å². The second kappa shape index (κ2) is 8.52. The summed E-state index contributed by atoms with van der Waals surface area (Å²) in [5, 5.41) is 11.4. The number of aryl methyl sites for hydroxylation is 1. The molecule has 11 heteroatoms. The van der Waals surface area contributed by atoms with Crippen LogP contribution in [-0.2, 0) is 4.79 Å². The van der Waals surface area contributed by atoms with E-state index in [2.05, 4.69) is 20.6 Å². The first-order chi connectivity index (χ1) is 17.4. The summed E-state index contributed by atoms with van der Waals surface area (Å²) in [5.41, 5.74) is 3.92. The number of nitrogens with zero attached hydrogens (tertiary/aromatic N) is 7. The Balaban J connectivity index is 1.34. The van der Waals surface area contributed by atoms with Crippen molar-refractivity contribution in [1.82, 2.24) is 34.6 Å². The van der Waals surface area contributed by atoms with Crippen LogP contribution in [0.25, 0.3) is 22.7 Å². The van der Waals surface area contributed by atoms with Crippen LogP contribution >= 0.6 is 0 Å². The van der Waals surface area contributed by atoms with Crippen LogP contribution < -0.4 is 10.2 Å². The Labute approximate surface area is 206 Å². The Kier molecular flexibility index (Phi) is 5.29. The molecule has 0 unspecified atom stereocenters. The molecule has 1 aromatic carbocycles. The molecule has 4 heterocycles. The summed E-state index contributed by atoms with van der Waals surface area (Å²) in [6.07, 6.45) is 7.14. The highest BCUT2D eigenvalue weighted by Crippen LogP contribution is 2.26. The summed E-state index contributed by atoms with van der Waals surface area (Å²) < 4.78 is 18.0. The molecular weight excluding hydrogens is 463 g/mol. The van der Waals surface area contributed by atoms with Gasteiger partial charge in [-0.05, 0) is 56.6 Å². The van der Waals surface area contributed by atoms with Gasteiger partial charge in [0, 0.05) is 25.3 Å². The molecular formula is C25H25FN8O2. The quantitative estimate of drug-likeness (QED) is 0.462. The first kappa shape index (κ1) is 22.4. The number of likely N-dealkylation sites (N-methyl/N-ethyl adjacent to an activating group) is 1. The molecule has 1 saturated carbocycles. The van der Waals surface area contributed by atoms with Gasteiger partial charge in [-0.3, -0.25) is 18.9 Å². The number of rotatable bonds is 5. The van der Waals surface area contributed by atoms with Crippen LogP contribution in [0.4, 0.5) is 10.1 Å². The van der Waals surface area contributed by atoms with Crippen LogP contribution in [0.5, 0.6) is 0 Å². The van der Waals surface area contributed by atoms with E-state index >= 15 is 0 Å². The van der Waals surface area contributed by atoms with E-state index in [-0.39, 0.29) is 17.5 Å². The lowest BCUT2D eigenvalue weighted by atomic mass is 10.1. The van der Waals surface area contributed by atoms with Gasteiger partial charge < -0.3 is 10.2 Å². The van der Waals surface area contributed by atoms with Gasteiger partial charge in [0.2, 0.25) is 5.91 Å². The molecule has 4 aromatic rings. The Morgan fingerprint density at radius 3 is 2.78 bits per heavy atom. The highest BCUT2D eigenvalue weighted by atomic mass is 19.1. The van der Waals surface area contributed by atoms with Crippen LogP contribution in [0.2, 0.25) is 0 Å². The number of carbonyl (C=O) groups is 2. The van der Waals surface area contributed by atoms with E-state index in [4.69, 9.17) is 0 Å². The number of imidazole rings is 1. The van der Waals surface area contributed by atoms with Crippen molar-refractivity contribution in [2.45, 2.75) is 25.8 Å². The highest BCUT2D eigenvalue weighted by molar-refractivity contribution is 5.96. The monoisotopic (exact) mass is 488 g/mol. The fourth-order valence-electron chi connectivity index (χ4n) is 4.45. The number of hydrogen-bond donors (Lipinski definition) is 1. The van der Waals surface area contributed by atoms with E-state index in [9.17, 15) is 14.0 Å². The third-order valence-corrected chi connectivity index (χ3v) is 6.66. The lowest BCUT2D eigenvalue weighted by Gasteiger charge is -2.32. The van der Waals surface area contributed by atoms with Crippen molar-refractivity contribution in [3.63, 3.8) is 0 Å². The fourth-order valence-corrected chi connectivity index (χ4v) is 4.45. The Morgan fingerprint density at radius 1 is 1.17 bits per heavy atom. The minimum atomic E-state index is -0.567. The number of aromatic nitrogens is 5. The second-order valence-corrected chi connectivity index (χ2v) is 9.46. The molecule has 1 N–H and O–H groups in total. The third-order valence-electron chi connectivity index (χ3n) is 6.66. The van der Waals surface area contributed by atoms with Gasteiger partial charge in [0.05, 0.1) is 41.6 Å². The van der Waals surface area contributed by atoms with E-state index < -0.39 is 11.7 Å². The van der Waals surface area contributed by atoms with E-state index in [1.165, 1.54) is 16.8 Å². The molecule has 1 saturated heterocycles. The molecule has 6 rings (SSSR count). The smallest absolute Gasteiger partial charge is 0.254 e. The van der Waals surface area contributed by atoms with Gasteiger partial charge in [0.25, 0.3) is 5.91 Å². The zero-order valence-electron chi connectivity index (χ0n) is 20.0. The maximum Gasteiger partial charge on any atom is 0.254 e. The lowest BCUT2D eigenvalue weighted by Crippen LogP contribution is -2.48. The summed E-state index contributed by atoms with van der Waals surface area (Å²) in [6.45, 7) is 3.55. The number of nitrogens with one attached hydrogen (secondary N) is 1. The first-order valence-electron chi connectivity index (χ1n) is 11.9. The summed E-state index contributed by atoms with van der Waals surface area (Å²) in [4.78, 5) is 33.3. The van der Waals surface area contributed by atoms with Gasteiger partial charge in [0.15, 0.2) is 0 Å². The van der Waals surface area contributed by atoms with E-state index in [1.54, 1.807) is 24.2 Å². The maximum atomic E-state index is 14.6. The maximum absolute atomic E-state index is 14.6. The number of benzene rings is 1. The number of halogens is 1. The lowest BCUT2D eigenvalue weighted by molar-refractivity contribution is -0.120. The van der Waals surface area contributed by atoms with Gasteiger partial charge in [-0.2, -0.15) is 0 Å². The molecule has 2 fully saturated rings. The number of amides is 2. The predicted octanol–water partition coefficient (Wildman–Crippen LogP) is 2.20. The molecule has 1 aliphatic heterocycles. The average molecular weight is 489 g/mol. The van der Waals surface area contributed by atoms with Crippen molar-refractivity contribution < 1.29 is 14.0 Å². The summed E-state index contributed by atoms with van der Waals surface area (Å²) in [7, 11) is 1.93. The van der Waals surface area contributed by atoms with Gasteiger partial charge in [-0.1, -0.05) is 5.21 Å². The van der Waals surface area contributed by atoms with E-state index in [0.717, 1.165) is 25.1 Å². The van der Waals surface area contributed by atoms with Crippen molar-refractivity contribution in [3.05, 3.63) is 59.8 Å². The molecule has 0 radical (unpaired) electrons. The van der Waals surface area contributed by atoms with Gasteiger partial charge >= 0.3 is 0 Å². The number of carbonyl (C=O) groups excluding carboxylic acids is 2. The van der Waals surface area contributed by atoms with Crippen LogP contribution in [0, 0.1) is 12.7 Å². The van der Waals surface area contributed by atoms with E-state index in [1.807, 2.05) is 34.7 Å². The minimum Gasteiger partial charge on any atom is -0.349 e. The number of hydrogen-bond acceptors (Lipinski definition) is 6. The standard InChI is InChI=1S/C25H25FN8O2/c1-15-9-19(26)18(25(36)28-16-3-4-16)10-21(15)34-13-20(29-30-34)22-11-27-23-6-5-17(12-33(22)23)32-8-7-31(2)14-24(32)35/h5-6,9-13,16H,3-4,7-8,14H2,1-2H3,(H,28,36). The topological polar surface area (TPSA) is 101 Å². The third kappa shape index (κ3) is 4.01. The number of fused-ring (bicyclic) bond motifs is 1. The molecule has 0 atom stereocenters. The normalized spacial score (nSPS) is 16.6.